The molecular weight excluding hydrogens is 524 g/mol. The summed E-state index contributed by atoms with van der Waals surface area (Å²) in [5.74, 6) is 1.90. The van der Waals surface area contributed by atoms with Crippen molar-refractivity contribution in [1.29, 1.82) is 0 Å². The van der Waals surface area contributed by atoms with Gasteiger partial charge >= 0.3 is 0 Å². The number of amides is 1. The molecule has 3 saturated heterocycles. The summed E-state index contributed by atoms with van der Waals surface area (Å²) in [5, 5.41) is 6.89. The Kier molecular flexibility index (Phi) is 8.66. The van der Waals surface area contributed by atoms with Crippen LogP contribution in [0.15, 0.2) is 54.6 Å². The van der Waals surface area contributed by atoms with Crippen molar-refractivity contribution in [3.63, 3.8) is 0 Å². The van der Waals surface area contributed by atoms with Crippen molar-refractivity contribution < 1.29 is 14.7 Å². The molecule has 2 aromatic carbocycles. The van der Waals surface area contributed by atoms with Crippen molar-refractivity contribution in [3.8, 4) is 0 Å². The summed E-state index contributed by atoms with van der Waals surface area (Å²) in [4.78, 5) is 31.5. The molecule has 42 heavy (non-hydrogen) atoms. The standard InChI is InChI=1S/C34H44N4O.CH2O2/c1-25-35-31-13-7-8-14-32(31)38(25)30-23-28-15-16-29(24-30)37(28)22-19-34(27-11-3-2-4-12-27)17-20-36(21-18-34)33(39)26-9-5-6-10-26;2-1-3/h2-4,7-8,11-14,26,28-30H,5-6,9-10,15-24H2,1H3;1H,(H,2,3)/t28-,29+,30?;. The van der Waals surface area contributed by atoms with E-state index in [2.05, 4.69) is 75.9 Å². The van der Waals surface area contributed by atoms with Crippen LogP contribution in [0, 0.1) is 12.8 Å². The molecule has 4 aliphatic rings. The van der Waals surface area contributed by atoms with Gasteiger partial charge in [0.15, 0.2) is 0 Å². The van der Waals surface area contributed by atoms with Gasteiger partial charge in [-0.25, -0.2) is 4.98 Å². The molecule has 7 heteroatoms. The van der Waals surface area contributed by atoms with Gasteiger partial charge in [-0.3, -0.25) is 14.5 Å². The highest BCUT2D eigenvalue weighted by Gasteiger charge is 2.44. The number of aromatic nitrogens is 2. The molecule has 7 rings (SSSR count). The molecular formula is C35H46N4O3. The van der Waals surface area contributed by atoms with Gasteiger partial charge in [-0.15, -0.1) is 0 Å². The minimum atomic E-state index is -0.250. The lowest BCUT2D eigenvalue weighted by Crippen LogP contribution is -2.49. The van der Waals surface area contributed by atoms with E-state index in [4.69, 9.17) is 14.9 Å². The van der Waals surface area contributed by atoms with Gasteiger partial charge in [0.2, 0.25) is 5.91 Å². The Morgan fingerprint density at radius 1 is 0.929 bits per heavy atom. The molecule has 3 aliphatic heterocycles. The van der Waals surface area contributed by atoms with Crippen molar-refractivity contribution in [2.24, 2.45) is 5.92 Å². The van der Waals surface area contributed by atoms with E-state index in [9.17, 15) is 4.79 Å². The number of fused-ring (bicyclic) bond motifs is 3. The zero-order valence-corrected chi connectivity index (χ0v) is 25.0. The quantitative estimate of drug-likeness (QED) is 0.349. The third-order valence-electron chi connectivity index (χ3n) is 11.0. The van der Waals surface area contributed by atoms with Crippen LogP contribution >= 0.6 is 0 Å². The van der Waals surface area contributed by atoms with Crippen molar-refractivity contribution in [3.05, 3.63) is 66.0 Å². The van der Waals surface area contributed by atoms with Crippen LogP contribution in [0.25, 0.3) is 11.0 Å². The Bertz CT molecular complexity index is 1340. The summed E-state index contributed by atoms with van der Waals surface area (Å²) in [5.41, 5.74) is 4.10. The molecule has 1 N–H and O–H groups in total. The topological polar surface area (TPSA) is 78.7 Å². The van der Waals surface area contributed by atoms with Crippen LogP contribution in [-0.4, -0.2) is 68.6 Å². The zero-order chi connectivity index (χ0) is 29.1. The number of likely N-dealkylation sites (tertiary alicyclic amines) is 1. The first-order chi connectivity index (χ1) is 20.5. The highest BCUT2D eigenvalue weighted by Crippen LogP contribution is 2.45. The van der Waals surface area contributed by atoms with E-state index in [1.807, 2.05) is 0 Å². The van der Waals surface area contributed by atoms with E-state index in [0.717, 1.165) is 50.1 Å². The van der Waals surface area contributed by atoms with Gasteiger partial charge in [-0.2, -0.15) is 0 Å². The number of imidazole rings is 1. The summed E-state index contributed by atoms with van der Waals surface area (Å²) < 4.78 is 2.54. The molecule has 3 aromatic rings. The van der Waals surface area contributed by atoms with Crippen LogP contribution < -0.4 is 0 Å². The normalized spacial score (nSPS) is 25.7. The van der Waals surface area contributed by atoms with Crippen LogP contribution in [-0.2, 0) is 15.0 Å². The van der Waals surface area contributed by atoms with Crippen LogP contribution in [0.5, 0.6) is 0 Å². The van der Waals surface area contributed by atoms with E-state index in [-0.39, 0.29) is 11.9 Å². The summed E-state index contributed by atoms with van der Waals surface area (Å²) in [7, 11) is 0. The first kappa shape index (κ1) is 28.9. The molecule has 3 atom stereocenters. The first-order valence-corrected chi connectivity index (χ1v) is 16.1. The number of carbonyl (C=O) groups excluding carboxylic acids is 1. The second-order valence-corrected chi connectivity index (χ2v) is 13.1. The molecule has 224 valence electrons. The number of benzene rings is 2. The van der Waals surface area contributed by atoms with Crippen molar-refractivity contribution >= 4 is 23.4 Å². The Balaban J connectivity index is 0.00000101. The number of para-hydroxylation sites is 2. The molecule has 1 saturated carbocycles. The summed E-state index contributed by atoms with van der Waals surface area (Å²) in [6, 6.07) is 21.8. The van der Waals surface area contributed by atoms with Gasteiger partial charge in [0.05, 0.1) is 11.0 Å². The second kappa shape index (κ2) is 12.6. The number of nitrogens with zero attached hydrogens (tertiary/aromatic N) is 4. The molecule has 0 spiro atoms. The molecule has 1 unspecified atom stereocenters. The lowest BCUT2D eigenvalue weighted by molar-refractivity contribution is -0.137. The average Bonchev–Trinajstić information content (AvgIpc) is 3.73. The minimum Gasteiger partial charge on any atom is -0.483 e. The Morgan fingerprint density at radius 2 is 1.55 bits per heavy atom. The number of hydrogen-bond acceptors (Lipinski definition) is 4. The van der Waals surface area contributed by atoms with Crippen LogP contribution in [0.4, 0.5) is 0 Å². The lowest BCUT2D eigenvalue weighted by Gasteiger charge is -2.46. The van der Waals surface area contributed by atoms with E-state index < -0.39 is 0 Å². The molecule has 1 aliphatic carbocycles. The molecule has 1 aromatic heterocycles. The smallest absolute Gasteiger partial charge is 0.290 e. The van der Waals surface area contributed by atoms with Gasteiger partial charge in [-0.1, -0.05) is 55.3 Å². The highest BCUT2D eigenvalue weighted by atomic mass is 16.3. The van der Waals surface area contributed by atoms with E-state index >= 15 is 0 Å². The average molecular weight is 571 g/mol. The van der Waals surface area contributed by atoms with Crippen molar-refractivity contribution in [2.75, 3.05) is 19.6 Å². The fourth-order valence-corrected chi connectivity index (χ4v) is 8.85. The SMILES string of the molecule is Cc1nc2ccccc2n1C1C[C@H]2CC[C@@H](C1)N2CCC1(c2ccccc2)CCN(C(=O)C2CCCC2)CC1.O=CO. The maximum Gasteiger partial charge on any atom is 0.290 e. The van der Waals surface area contributed by atoms with E-state index in [1.54, 1.807) is 0 Å². The van der Waals surface area contributed by atoms with Crippen LogP contribution in [0.1, 0.15) is 88.1 Å². The largest absolute Gasteiger partial charge is 0.483 e. The van der Waals surface area contributed by atoms with Crippen LogP contribution in [0.2, 0.25) is 0 Å². The third-order valence-corrected chi connectivity index (χ3v) is 11.0. The lowest BCUT2D eigenvalue weighted by atomic mass is 9.70. The Morgan fingerprint density at radius 3 is 2.21 bits per heavy atom. The third kappa shape index (κ3) is 5.60. The van der Waals surface area contributed by atoms with Gasteiger partial charge < -0.3 is 14.6 Å². The maximum atomic E-state index is 13.2. The summed E-state index contributed by atoms with van der Waals surface area (Å²) >= 11 is 0. The predicted octanol–water partition coefficient (Wildman–Crippen LogP) is 6.35. The summed E-state index contributed by atoms with van der Waals surface area (Å²) in [6.45, 7) is 4.96. The molecule has 4 heterocycles. The van der Waals surface area contributed by atoms with Gasteiger partial charge in [0.1, 0.15) is 5.82 Å². The number of carboxylic acid groups (broad SMARTS) is 1. The van der Waals surface area contributed by atoms with Crippen molar-refractivity contribution in [1.82, 2.24) is 19.4 Å². The Labute approximate surface area is 249 Å². The maximum absolute atomic E-state index is 13.2. The first-order valence-electron chi connectivity index (χ1n) is 16.1. The zero-order valence-electron chi connectivity index (χ0n) is 25.0. The highest BCUT2D eigenvalue weighted by molar-refractivity contribution is 5.79. The van der Waals surface area contributed by atoms with Gasteiger partial charge in [0.25, 0.3) is 6.47 Å². The molecule has 2 bridgehead atoms. The number of carbonyl (C=O) groups is 2. The summed E-state index contributed by atoms with van der Waals surface area (Å²) in [6.07, 6.45) is 13.2. The fourth-order valence-electron chi connectivity index (χ4n) is 8.85. The molecule has 4 fully saturated rings. The monoisotopic (exact) mass is 570 g/mol. The number of piperidine rings is 2. The fraction of sp³-hybridized carbons (Fsp3) is 0.571. The molecule has 7 nitrogen and oxygen atoms in total. The number of aryl methyl sites for hydroxylation is 1. The van der Waals surface area contributed by atoms with E-state index in [0.29, 0.717) is 30.0 Å². The Hall–Kier alpha value is -3.19. The molecule has 0 radical (unpaired) electrons. The van der Waals surface area contributed by atoms with E-state index in [1.165, 1.54) is 62.6 Å². The second-order valence-electron chi connectivity index (χ2n) is 13.1. The number of hydrogen-bond donors (Lipinski definition) is 1. The van der Waals surface area contributed by atoms with Crippen LogP contribution in [0.3, 0.4) is 0 Å². The predicted molar refractivity (Wildman–Crippen MR) is 165 cm³/mol. The minimum absolute atomic E-state index is 0.182. The number of rotatable bonds is 6. The molecule has 1 amide bonds. The van der Waals surface area contributed by atoms with Crippen molar-refractivity contribution in [2.45, 2.75) is 101 Å². The van der Waals surface area contributed by atoms with Gasteiger partial charge in [0, 0.05) is 37.1 Å². The van der Waals surface area contributed by atoms with Gasteiger partial charge in [-0.05, 0) is 94.4 Å².